The van der Waals surface area contributed by atoms with Gasteiger partial charge in [-0.3, -0.25) is 4.98 Å². The third kappa shape index (κ3) is 5.67. The molecule has 3 rings (SSSR count). The van der Waals surface area contributed by atoms with Crippen molar-refractivity contribution in [2.24, 2.45) is 0 Å². The number of nitrogens with one attached hydrogen (secondary N) is 1. The van der Waals surface area contributed by atoms with Crippen molar-refractivity contribution in [1.82, 2.24) is 15.0 Å². The Kier molecular flexibility index (Phi) is 6.57. The highest BCUT2D eigenvalue weighted by molar-refractivity contribution is 5.48. The highest BCUT2D eigenvalue weighted by atomic mass is 16.5. The van der Waals surface area contributed by atoms with E-state index in [1.54, 1.807) is 13.4 Å². The van der Waals surface area contributed by atoms with E-state index in [1.165, 1.54) is 11.1 Å². The molecule has 0 aliphatic rings. The average molecular weight is 363 g/mol. The van der Waals surface area contributed by atoms with Crippen LogP contribution in [-0.2, 0) is 12.8 Å². The average Bonchev–Trinajstić information content (AvgIpc) is 2.73. The molecule has 0 fully saturated rings. The van der Waals surface area contributed by atoms with E-state index in [-0.39, 0.29) is 0 Å². The summed E-state index contributed by atoms with van der Waals surface area (Å²) < 4.78 is 5.27. The van der Waals surface area contributed by atoms with Crippen LogP contribution in [0.4, 0.5) is 11.6 Å². The Balaban J connectivity index is 1.51. The number of benzene rings is 1. The van der Waals surface area contributed by atoms with Crippen molar-refractivity contribution >= 4 is 11.6 Å². The van der Waals surface area contributed by atoms with Gasteiger partial charge in [-0.15, -0.1) is 0 Å². The standard InChI is InChI=1S/C21H25N5O/c1-26(13-9-17-6-10-22-11-7-17)21-15-20(24-16-25-21)23-12-8-18-4-3-5-19(14-18)27-2/h3-7,10-11,14-16H,8-9,12-13H2,1-2H3,(H,23,24,25). The highest BCUT2D eigenvalue weighted by Crippen LogP contribution is 2.15. The second kappa shape index (κ2) is 9.52. The maximum absolute atomic E-state index is 5.27. The lowest BCUT2D eigenvalue weighted by Crippen LogP contribution is -2.21. The number of rotatable bonds is 9. The number of anilines is 2. The minimum atomic E-state index is 0.796. The van der Waals surface area contributed by atoms with E-state index in [1.807, 2.05) is 49.8 Å². The number of likely N-dealkylation sites (N-methyl/N-ethyl adjacent to an activating group) is 1. The van der Waals surface area contributed by atoms with Crippen molar-refractivity contribution < 1.29 is 4.74 Å². The predicted octanol–water partition coefficient (Wildman–Crippen LogP) is 3.21. The van der Waals surface area contributed by atoms with Gasteiger partial charge in [-0.25, -0.2) is 9.97 Å². The van der Waals surface area contributed by atoms with E-state index in [9.17, 15) is 0 Å². The molecule has 0 aliphatic carbocycles. The zero-order valence-electron chi connectivity index (χ0n) is 15.8. The van der Waals surface area contributed by atoms with Gasteiger partial charge in [0.25, 0.3) is 0 Å². The lowest BCUT2D eigenvalue weighted by molar-refractivity contribution is 0.414. The lowest BCUT2D eigenvalue weighted by Gasteiger charge is -2.18. The molecular weight excluding hydrogens is 338 g/mol. The molecule has 6 nitrogen and oxygen atoms in total. The summed E-state index contributed by atoms with van der Waals surface area (Å²) in [6.07, 6.45) is 7.09. The largest absolute Gasteiger partial charge is 0.497 e. The molecule has 1 N–H and O–H groups in total. The third-order valence-corrected chi connectivity index (χ3v) is 4.38. The van der Waals surface area contributed by atoms with E-state index in [0.717, 1.165) is 43.3 Å². The van der Waals surface area contributed by atoms with E-state index >= 15 is 0 Å². The number of hydrogen-bond acceptors (Lipinski definition) is 6. The Morgan fingerprint density at radius 3 is 2.67 bits per heavy atom. The van der Waals surface area contributed by atoms with Gasteiger partial charge in [-0.05, 0) is 48.2 Å². The van der Waals surface area contributed by atoms with Crippen LogP contribution in [0.2, 0.25) is 0 Å². The Labute approximate surface area is 160 Å². The Morgan fingerprint density at radius 2 is 1.85 bits per heavy atom. The molecule has 3 aromatic rings. The van der Waals surface area contributed by atoms with E-state index in [0.29, 0.717) is 0 Å². The van der Waals surface area contributed by atoms with E-state index in [2.05, 4.69) is 37.3 Å². The first-order valence-corrected chi connectivity index (χ1v) is 9.03. The molecule has 0 amide bonds. The Bertz CT molecular complexity index is 841. The summed E-state index contributed by atoms with van der Waals surface area (Å²) >= 11 is 0. The number of aromatic nitrogens is 3. The molecule has 0 unspecified atom stereocenters. The van der Waals surface area contributed by atoms with Crippen LogP contribution in [0.3, 0.4) is 0 Å². The van der Waals surface area contributed by atoms with Gasteiger partial charge in [0.05, 0.1) is 7.11 Å². The molecule has 2 heterocycles. The van der Waals surface area contributed by atoms with Gasteiger partial charge in [-0.1, -0.05) is 12.1 Å². The molecule has 0 atom stereocenters. The second-order valence-electron chi connectivity index (χ2n) is 6.32. The van der Waals surface area contributed by atoms with Gasteiger partial charge in [-0.2, -0.15) is 0 Å². The Hall–Kier alpha value is -3.15. The summed E-state index contributed by atoms with van der Waals surface area (Å²) in [5.74, 6) is 2.62. The van der Waals surface area contributed by atoms with Crippen molar-refractivity contribution in [1.29, 1.82) is 0 Å². The molecule has 0 saturated carbocycles. The monoisotopic (exact) mass is 363 g/mol. The molecule has 2 aromatic heterocycles. The van der Waals surface area contributed by atoms with Crippen LogP contribution in [-0.4, -0.2) is 42.2 Å². The second-order valence-corrected chi connectivity index (χ2v) is 6.32. The van der Waals surface area contributed by atoms with Gasteiger partial charge in [0.2, 0.25) is 0 Å². The zero-order chi connectivity index (χ0) is 18.9. The van der Waals surface area contributed by atoms with Crippen LogP contribution in [0.25, 0.3) is 0 Å². The first-order valence-electron chi connectivity index (χ1n) is 9.03. The summed E-state index contributed by atoms with van der Waals surface area (Å²) in [5, 5.41) is 3.37. The SMILES string of the molecule is COc1cccc(CCNc2cc(N(C)CCc3ccncc3)ncn2)c1. The van der Waals surface area contributed by atoms with Gasteiger partial charge in [0.15, 0.2) is 0 Å². The van der Waals surface area contributed by atoms with Crippen molar-refractivity contribution in [3.63, 3.8) is 0 Å². The molecule has 0 bridgehead atoms. The molecule has 0 saturated heterocycles. The molecule has 0 aliphatic heterocycles. The Morgan fingerprint density at radius 1 is 1.00 bits per heavy atom. The fraction of sp³-hybridized carbons (Fsp3) is 0.286. The van der Waals surface area contributed by atoms with Crippen molar-refractivity contribution in [3.8, 4) is 5.75 Å². The molecule has 0 radical (unpaired) electrons. The molecular formula is C21H25N5O. The van der Waals surface area contributed by atoms with Gasteiger partial charge < -0.3 is 15.0 Å². The van der Waals surface area contributed by atoms with Gasteiger partial charge in [0.1, 0.15) is 23.7 Å². The minimum Gasteiger partial charge on any atom is -0.497 e. The van der Waals surface area contributed by atoms with E-state index < -0.39 is 0 Å². The molecule has 27 heavy (non-hydrogen) atoms. The molecule has 6 heteroatoms. The van der Waals surface area contributed by atoms with E-state index in [4.69, 9.17) is 4.74 Å². The number of nitrogens with zero attached hydrogens (tertiary/aromatic N) is 4. The quantitative estimate of drug-likeness (QED) is 0.630. The summed E-state index contributed by atoms with van der Waals surface area (Å²) in [5.41, 5.74) is 2.49. The molecule has 1 aromatic carbocycles. The van der Waals surface area contributed by atoms with Crippen LogP contribution >= 0.6 is 0 Å². The maximum atomic E-state index is 5.27. The molecule has 140 valence electrons. The van der Waals surface area contributed by atoms with Crippen LogP contribution in [0.15, 0.2) is 61.2 Å². The van der Waals surface area contributed by atoms with Crippen molar-refractivity contribution in [2.45, 2.75) is 12.8 Å². The van der Waals surface area contributed by atoms with Gasteiger partial charge in [0, 0.05) is 38.6 Å². The summed E-state index contributed by atoms with van der Waals surface area (Å²) in [6.45, 7) is 1.68. The van der Waals surface area contributed by atoms with Crippen LogP contribution in [0.5, 0.6) is 5.75 Å². The van der Waals surface area contributed by atoms with Crippen molar-refractivity contribution in [3.05, 3.63) is 72.3 Å². The smallest absolute Gasteiger partial charge is 0.133 e. The number of ether oxygens (including phenoxy) is 1. The van der Waals surface area contributed by atoms with Crippen LogP contribution < -0.4 is 15.0 Å². The van der Waals surface area contributed by atoms with Crippen LogP contribution in [0.1, 0.15) is 11.1 Å². The number of pyridine rings is 1. The van der Waals surface area contributed by atoms with Crippen LogP contribution in [0, 0.1) is 0 Å². The summed E-state index contributed by atoms with van der Waals surface area (Å²) in [6, 6.07) is 14.2. The predicted molar refractivity (Wildman–Crippen MR) is 108 cm³/mol. The first-order chi connectivity index (χ1) is 13.2. The lowest BCUT2D eigenvalue weighted by atomic mass is 10.1. The molecule has 0 spiro atoms. The third-order valence-electron chi connectivity index (χ3n) is 4.38. The van der Waals surface area contributed by atoms with Gasteiger partial charge >= 0.3 is 0 Å². The fourth-order valence-electron chi connectivity index (χ4n) is 2.78. The fourth-order valence-corrected chi connectivity index (χ4v) is 2.78. The topological polar surface area (TPSA) is 63.2 Å². The minimum absolute atomic E-state index is 0.796. The summed E-state index contributed by atoms with van der Waals surface area (Å²) in [4.78, 5) is 14.9. The zero-order valence-corrected chi connectivity index (χ0v) is 15.8. The maximum Gasteiger partial charge on any atom is 0.133 e. The highest BCUT2D eigenvalue weighted by Gasteiger charge is 2.05. The first kappa shape index (κ1) is 18.6. The normalized spacial score (nSPS) is 10.4. The number of methoxy groups -OCH3 is 1. The number of hydrogen-bond donors (Lipinski definition) is 1. The summed E-state index contributed by atoms with van der Waals surface area (Å²) in [7, 11) is 3.73. The van der Waals surface area contributed by atoms with Crippen molar-refractivity contribution in [2.75, 3.05) is 37.5 Å².